The zero-order chi connectivity index (χ0) is 15.7. The van der Waals surface area contributed by atoms with Gasteiger partial charge in [0.25, 0.3) is 0 Å². The highest BCUT2D eigenvalue weighted by molar-refractivity contribution is 7.89. The summed E-state index contributed by atoms with van der Waals surface area (Å²) in [6.45, 7) is 1.42. The molecule has 0 bridgehead atoms. The van der Waals surface area contributed by atoms with Crippen molar-refractivity contribution in [3.63, 3.8) is 0 Å². The normalized spacial score (nSPS) is 24.7. The third-order valence-electron chi connectivity index (χ3n) is 3.94. The monoisotopic (exact) mass is 365 g/mol. The van der Waals surface area contributed by atoms with Gasteiger partial charge in [0.1, 0.15) is 4.90 Å². The molecule has 0 amide bonds. The number of rotatable bonds is 3. The summed E-state index contributed by atoms with van der Waals surface area (Å²) in [6.07, 6.45) is 1.96. The SMILES string of the molecule is O=S(=O)(c1cc(Cl)ccc1Cl)N1CCCC[C@@H]1C1OCCO1. The molecule has 5 nitrogen and oxygen atoms in total. The molecule has 2 saturated heterocycles. The molecule has 1 atom stereocenters. The van der Waals surface area contributed by atoms with Crippen molar-refractivity contribution in [2.24, 2.45) is 0 Å². The minimum atomic E-state index is -3.74. The number of nitrogens with zero attached hydrogens (tertiary/aromatic N) is 1. The number of sulfonamides is 1. The largest absolute Gasteiger partial charge is 0.349 e. The molecule has 0 unspecified atom stereocenters. The summed E-state index contributed by atoms with van der Waals surface area (Å²) in [4.78, 5) is 0.0339. The summed E-state index contributed by atoms with van der Waals surface area (Å²) in [6, 6.07) is 4.13. The fraction of sp³-hybridized carbons (Fsp3) is 0.571. The van der Waals surface area contributed by atoms with Gasteiger partial charge in [-0.15, -0.1) is 0 Å². The minimum absolute atomic E-state index is 0.0339. The van der Waals surface area contributed by atoms with Gasteiger partial charge < -0.3 is 9.47 Å². The molecule has 2 heterocycles. The van der Waals surface area contributed by atoms with E-state index in [2.05, 4.69) is 0 Å². The van der Waals surface area contributed by atoms with Gasteiger partial charge in [-0.2, -0.15) is 4.31 Å². The van der Waals surface area contributed by atoms with E-state index >= 15 is 0 Å². The standard InChI is InChI=1S/C14H17Cl2NO4S/c15-10-4-5-11(16)13(9-10)22(18,19)17-6-2-1-3-12(17)14-20-7-8-21-14/h4-5,9,12,14H,1-3,6-8H2/t12-/m1/s1. The first kappa shape index (κ1) is 16.5. The maximum absolute atomic E-state index is 13.0. The van der Waals surface area contributed by atoms with E-state index in [9.17, 15) is 8.42 Å². The van der Waals surface area contributed by atoms with Crippen molar-refractivity contribution in [2.45, 2.75) is 36.5 Å². The highest BCUT2D eigenvalue weighted by Gasteiger charge is 2.41. The van der Waals surface area contributed by atoms with E-state index in [1.54, 1.807) is 6.07 Å². The summed E-state index contributed by atoms with van der Waals surface area (Å²) < 4.78 is 38.5. The molecular weight excluding hydrogens is 349 g/mol. The topological polar surface area (TPSA) is 55.8 Å². The third kappa shape index (κ3) is 3.13. The van der Waals surface area contributed by atoms with Crippen LogP contribution in [0, 0.1) is 0 Å². The van der Waals surface area contributed by atoms with Crippen LogP contribution in [0.5, 0.6) is 0 Å². The van der Waals surface area contributed by atoms with Gasteiger partial charge in [0.2, 0.25) is 10.0 Å². The Bertz CT molecular complexity index is 646. The highest BCUT2D eigenvalue weighted by Crippen LogP contribution is 2.33. The Kier molecular flexibility index (Phi) is 4.97. The molecule has 8 heteroatoms. The van der Waals surface area contributed by atoms with Crippen LogP contribution in [-0.2, 0) is 19.5 Å². The molecule has 122 valence electrons. The van der Waals surface area contributed by atoms with Gasteiger partial charge in [0.15, 0.2) is 6.29 Å². The van der Waals surface area contributed by atoms with Crippen molar-refractivity contribution < 1.29 is 17.9 Å². The van der Waals surface area contributed by atoms with Crippen LogP contribution in [0.25, 0.3) is 0 Å². The van der Waals surface area contributed by atoms with E-state index in [0.717, 1.165) is 12.8 Å². The fourth-order valence-corrected chi connectivity index (χ4v) is 5.32. The van der Waals surface area contributed by atoms with E-state index in [1.165, 1.54) is 16.4 Å². The zero-order valence-corrected chi connectivity index (χ0v) is 14.2. The van der Waals surface area contributed by atoms with Crippen molar-refractivity contribution in [3.05, 3.63) is 28.2 Å². The van der Waals surface area contributed by atoms with Gasteiger partial charge in [-0.05, 0) is 31.0 Å². The molecule has 0 radical (unpaired) electrons. The average Bonchev–Trinajstić information content (AvgIpc) is 3.04. The number of piperidine rings is 1. The van der Waals surface area contributed by atoms with E-state index < -0.39 is 16.3 Å². The molecule has 0 aliphatic carbocycles. The number of ether oxygens (including phenoxy) is 2. The van der Waals surface area contributed by atoms with Gasteiger partial charge in [0, 0.05) is 11.6 Å². The second-order valence-electron chi connectivity index (χ2n) is 5.36. The summed E-state index contributed by atoms with van der Waals surface area (Å²) in [5.41, 5.74) is 0. The van der Waals surface area contributed by atoms with Crippen molar-refractivity contribution in [3.8, 4) is 0 Å². The van der Waals surface area contributed by atoms with Crippen LogP contribution in [0.15, 0.2) is 23.1 Å². The van der Waals surface area contributed by atoms with Crippen molar-refractivity contribution >= 4 is 33.2 Å². The molecule has 0 saturated carbocycles. The Morgan fingerprint density at radius 2 is 1.86 bits per heavy atom. The van der Waals surface area contributed by atoms with Crippen LogP contribution < -0.4 is 0 Å². The van der Waals surface area contributed by atoms with Crippen molar-refractivity contribution in [1.82, 2.24) is 4.31 Å². The quantitative estimate of drug-likeness (QED) is 0.826. The van der Waals surface area contributed by atoms with Crippen molar-refractivity contribution in [1.29, 1.82) is 0 Å². The second-order valence-corrected chi connectivity index (χ2v) is 8.07. The molecule has 1 aromatic carbocycles. The van der Waals surface area contributed by atoms with Crippen LogP contribution in [-0.4, -0.2) is 44.8 Å². The Balaban J connectivity index is 1.96. The Hall–Kier alpha value is -0.370. The molecule has 3 rings (SSSR count). The number of hydrogen-bond donors (Lipinski definition) is 0. The molecule has 0 aromatic heterocycles. The van der Waals surface area contributed by atoms with Crippen LogP contribution in [0.1, 0.15) is 19.3 Å². The Morgan fingerprint density at radius 1 is 1.14 bits per heavy atom. The number of hydrogen-bond acceptors (Lipinski definition) is 4. The van der Waals surface area contributed by atoms with Gasteiger partial charge in [0.05, 0.1) is 24.3 Å². The van der Waals surface area contributed by atoms with Crippen molar-refractivity contribution in [2.75, 3.05) is 19.8 Å². The lowest BCUT2D eigenvalue weighted by molar-refractivity contribution is -0.0913. The Labute approximate surface area is 140 Å². The first-order valence-corrected chi connectivity index (χ1v) is 9.40. The summed E-state index contributed by atoms with van der Waals surface area (Å²) in [5, 5.41) is 0.506. The van der Waals surface area contributed by atoms with E-state index in [1.807, 2.05) is 0 Å². The molecule has 0 spiro atoms. The predicted molar refractivity (Wildman–Crippen MR) is 83.7 cm³/mol. The summed E-state index contributed by atoms with van der Waals surface area (Å²) in [5.74, 6) is 0. The smallest absolute Gasteiger partial charge is 0.245 e. The van der Waals surface area contributed by atoms with Crippen LogP contribution in [0.4, 0.5) is 0 Å². The van der Waals surface area contributed by atoms with E-state index in [0.29, 0.717) is 31.2 Å². The summed E-state index contributed by atoms with van der Waals surface area (Å²) in [7, 11) is -3.74. The molecule has 22 heavy (non-hydrogen) atoms. The minimum Gasteiger partial charge on any atom is -0.349 e. The lowest BCUT2D eigenvalue weighted by Gasteiger charge is -2.37. The summed E-state index contributed by atoms with van der Waals surface area (Å²) >= 11 is 12.0. The fourth-order valence-electron chi connectivity index (χ4n) is 2.90. The number of benzene rings is 1. The third-order valence-corrected chi connectivity index (χ3v) is 6.58. The zero-order valence-electron chi connectivity index (χ0n) is 11.9. The average molecular weight is 366 g/mol. The molecule has 2 aliphatic rings. The molecule has 2 fully saturated rings. The van der Waals surface area contributed by atoms with Gasteiger partial charge in [-0.3, -0.25) is 0 Å². The first-order chi connectivity index (χ1) is 10.5. The van der Waals surface area contributed by atoms with E-state index in [4.69, 9.17) is 32.7 Å². The van der Waals surface area contributed by atoms with Gasteiger partial charge in [-0.25, -0.2) is 8.42 Å². The Morgan fingerprint density at radius 3 is 2.59 bits per heavy atom. The highest BCUT2D eigenvalue weighted by atomic mass is 35.5. The van der Waals surface area contributed by atoms with Crippen LogP contribution in [0.2, 0.25) is 10.0 Å². The molecule has 1 aromatic rings. The van der Waals surface area contributed by atoms with Gasteiger partial charge in [-0.1, -0.05) is 29.6 Å². The predicted octanol–water partition coefficient (Wildman–Crippen LogP) is 2.91. The van der Waals surface area contributed by atoms with Gasteiger partial charge >= 0.3 is 0 Å². The second kappa shape index (κ2) is 6.63. The number of halogens is 2. The first-order valence-electron chi connectivity index (χ1n) is 7.20. The van der Waals surface area contributed by atoms with Crippen LogP contribution in [0.3, 0.4) is 0 Å². The maximum Gasteiger partial charge on any atom is 0.245 e. The lowest BCUT2D eigenvalue weighted by Crippen LogP contribution is -2.50. The maximum atomic E-state index is 13.0. The molecular formula is C14H17Cl2NO4S. The van der Waals surface area contributed by atoms with Crippen LogP contribution >= 0.6 is 23.2 Å². The molecule has 2 aliphatic heterocycles. The lowest BCUT2D eigenvalue weighted by atomic mass is 10.0. The van der Waals surface area contributed by atoms with E-state index in [-0.39, 0.29) is 16.0 Å². The molecule has 0 N–H and O–H groups in total.